The van der Waals surface area contributed by atoms with Crippen LogP contribution in [0.1, 0.15) is 6.92 Å². The van der Waals surface area contributed by atoms with E-state index in [4.69, 9.17) is 5.11 Å². The van der Waals surface area contributed by atoms with Crippen molar-refractivity contribution in [3.05, 3.63) is 0 Å². The average molecular weight is 80.1 g/mol. The lowest BCUT2D eigenvalue weighted by atomic mass is 10.9. The van der Waals surface area contributed by atoms with E-state index in [9.17, 15) is 4.39 Å². The van der Waals surface area contributed by atoms with E-state index in [1.54, 1.807) is 6.92 Å². The summed E-state index contributed by atoms with van der Waals surface area (Å²) in [5.74, 6) is 0. The van der Waals surface area contributed by atoms with Crippen LogP contribution < -0.4 is 0 Å². The predicted molar refractivity (Wildman–Crippen MR) is 19.8 cm³/mol. The van der Waals surface area contributed by atoms with Gasteiger partial charge in [-0.05, 0) is 6.92 Å². The van der Waals surface area contributed by atoms with Crippen LogP contribution in [0.4, 0.5) is 4.39 Å². The molecule has 0 unspecified atom stereocenters. The van der Waals surface area contributed by atoms with Gasteiger partial charge in [0.05, 0.1) is 7.18 Å². The molecule has 1 N–H and O–H groups in total. The Bertz CT molecular complexity index is 6.85. The topological polar surface area (TPSA) is 20.2 Å². The third kappa shape index (κ3) is 1150. The molecule has 0 atom stereocenters. The van der Waals surface area contributed by atoms with Crippen molar-refractivity contribution >= 4 is 0 Å². The van der Waals surface area contributed by atoms with Crippen molar-refractivity contribution in [3.8, 4) is 0 Å². The van der Waals surface area contributed by atoms with Crippen molar-refractivity contribution in [1.29, 1.82) is 0 Å². The first-order chi connectivity index (χ1) is 2.41. The number of alkyl halides is 1. The molecule has 0 aromatic heterocycles. The van der Waals surface area contributed by atoms with Crippen LogP contribution in [0.15, 0.2) is 0 Å². The summed E-state index contributed by atoms with van der Waals surface area (Å²) in [6.07, 6.45) is 0. The van der Waals surface area contributed by atoms with Gasteiger partial charge in [0.2, 0.25) is 0 Å². The lowest BCUT2D eigenvalue weighted by molar-refractivity contribution is 0.318. The van der Waals surface area contributed by atoms with E-state index in [1.165, 1.54) is 0 Å². The van der Waals surface area contributed by atoms with Crippen LogP contribution in [0.3, 0.4) is 0 Å². The predicted octanol–water partition coefficient (Wildman–Crippen LogP) is 0.584. The fourth-order valence-corrected chi connectivity index (χ4v) is 0. The minimum absolute atomic E-state index is 0.250. The van der Waals surface area contributed by atoms with Gasteiger partial charge in [-0.25, -0.2) is 0 Å². The molecule has 0 aromatic rings. The molecule has 5 heavy (non-hydrogen) atoms. The van der Waals surface area contributed by atoms with Crippen LogP contribution in [0.2, 0.25) is 0 Å². The largest absolute Gasteiger partial charge is 0.397 e. The molecule has 1 nitrogen and oxygen atoms in total. The van der Waals surface area contributed by atoms with Gasteiger partial charge in [0.25, 0.3) is 0 Å². The molecule has 0 radical (unpaired) electrons. The van der Waals surface area contributed by atoms with Crippen molar-refractivity contribution in [1.82, 2.24) is 0 Å². The number of aliphatic hydroxyl groups is 1. The fraction of sp³-hybridized carbons (Fsp3) is 1.00. The molecule has 0 aliphatic heterocycles. The number of hydrogen-bond donors (Lipinski definition) is 1. The van der Waals surface area contributed by atoms with Gasteiger partial charge in [-0.3, -0.25) is 4.39 Å². The lowest BCUT2D eigenvalue weighted by Crippen LogP contribution is -1.57. The highest BCUT2D eigenvalue weighted by atomic mass is 19.1. The monoisotopic (exact) mass is 80.1 g/mol. The Labute approximate surface area is 31.4 Å². The van der Waals surface area contributed by atoms with Crippen LogP contribution in [-0.4, -0.2) is 18.9 Å². The van der Waals surface area contributed by atoms with E-state index < -0.39 is 0 Å². The fourth-order valence-electron chi connectivity index (χ4n) is 0. The second kappa shape index (κ2) is 41.0. The molecular weight excluding hydrogens is 71.0 g/mol. The molecule has 2 heteroatoms. The maximum atomic E-state index is 9.50. The molecule has 0 saturated carbocycles. The van der Waals surface area contributed by atoms with Gasteiger partial charge in [0.1, 0.15) is 0 Å². The number of aliphatic hydroxyl groups excluding tert-OH is 1. The Morgan fingerprint density at radius 3 is 1.60 bits per heavy atom. The maximum absolute atomic E-state index is 9.50. The Hall–Kier alpha value is -0.110. The first kappa shape index (κ1) is 8.86. The molecule has 0 spiro atoms. The van der Waals surface area contributed by atoms with Crippen LogP contribution in [-0.2, 0) is 0 Å². The highest BCUT2D eigenvalue weighted by Crippen LogP contribution is 1.30. The van der Waals surface area contributed by atoms with Gasteiger partial charge < -0.3 is 5.11 Å². The maximum Gasteiger partial charge on any atom is 0.0785 e. The third-order valence-corrected chi connectivity index (χ3v) is 0. The van der Waals surface area contributed by atoms with Crippen LogP contribution in [0, 0.1) is 0 Å². The van der Waals surface area contributed by atoms with E-state index in [2.05, 4.69) is 0 Å². The standard InChI is InChI=1S/C2H6O.CH3F/c1-2-3;1-2/h3H,2H2,1H3;1H3. The Morgan fingerprint density at radius 1 is 1.60 bits per heavy atom. The normalized spacial score (nSPS) is 4.80. The summed E-state index contributed by atoms with van der Waals surface area (Å²) in [6, 6.07) is 0. The summed E-state index contributed by atoms with van der Waals surface area (Å²) in [7, 11) is 0.500. The smallest absolute Gasteiger partial charge is 0.0785 e. The Morgan fingerprint density at radius 2 is 1.60 bits per heavy atom. The van der Waals surface area contributed by atoms with Crippen molar-refractivity contribution < 1.29 is 9.50 Å². The molecule has 0 aliphatic rings. The van der Waals surface area contributed by atoms with Crippen LogP contribution in [0.5, 0.6) is 0 Å². The summed E-state index contributed by atoms with van der Waals surface area (Å²) < 4.78 is 9.50. The molecule has 0 fully saturated rings. The minimum atomic E-state index is 0.250. The number of rotatable bonds is 0. The van der Waals surface area contributed by atoms with Gasteiger partial charge in [-0.15, -0.1) is 0 Å². The van der Waals surface area contributed by atoms with Crippen LogP contribution >= 0.6 is 0 Å². The quantitative estimate of drug-likeness (QED) is 0.451. The van der Waals surface area contributed by atoms with Gasteiger partial charge in [-0.2, -0.15) is 0 Å². The third-order valence-electron chi connectivity index (χ3n) is 0. The second-order valence-electron chi connectivity index (χ2n) is 0.316. The molecule has 0 heterocycles. The van der Waals surface area contributed by atoms with E-state index in [1.807, 2.05) is 0 Å². The highest BCUT2D eigenvalue weighted by molar-refractivity contribution is 3.84. The van der Waals surface area contributed by atoms with E-state index in [-0.39, 0.29) is 6.61 Å². The Kier molecular flexibility index (Phi) is 72.7. The molecule has 0 aromatic carbocycles. The van der Waals surface area contributed by atoms with Crippen molar-refractivity contribution in [2.24, 2.45) is 0 Å². The summed E-state index contributed by atoms with van der Waals surface area (Å²) in [5.41, 5.74) is 0. The van der Waals surface area contributed by atoms with E-state index in [0.29, 0.717) is 7.18 Å². The van der Waals surface area contributed by atoms with Crippen molar-refractivity contribution in [2.75, 3.05) is 13.8 Å². The molecule has 0 amide bonds. The van der Waals surface area contributed by atoms with E-state index >= 15 is 0 Å². The van der Waals surface area contributed by atoms with Gasteiger partial charge >= 0.3 is 0 Å². The van der Waals surface area contributed by atoms with Crippen molar-refractivity contribution in [2.45, 2.75) is 6.92 Å². The summed E-state index contributed by atoms with van der Waals surface area (Å²) >= 11 is 0. The first-order valence-electron chi connectivity index (χ1n) is 1.40. The van der Waals surface area contributed by atoms with E-state index in [0.717, 1.165) is 0 Å². The highest BCUT2D eigenvalue weighted by Gasteiger charge is 1.34. The molecule has 0 aliphatic carbocycles. The number of hydrogen-bond acceptors (Lipinski definition) is 1. The SMILES string of the molecule is CCO.CF. The zero-order chi connectivity index (χ0) is 4.71. The average Bonchev–Trinajstić information content (AvgIpc) is 1.46. The Balaban J connectivity index is 0. The molecule has 0 rings (SSSR count). The zero-order valence-electron chi connectivity index (χ0n) is 3.53. The zero-order valence-corrected chi connectivity index (χ0v) is 3.53. The summed E-state index contributed by atoms with van der Waals surface area (Å²) in [4.78, 5) is 0. The molecular formula is C3H9FO. The summed E-state index contributed by atoms with van der Waals surface area (Å²) in [6.45, 7) is 1.93. The lowest BCUT2D eigenvalue weighted by Gasteiger charge is -1.52. The minimum Gasteiger partial charge on any atom is -0.397 e. The van der Waals surface area contributed by atoms with Gasteiger partial charge in [0, 0.05) is 6.61 Å². The summed E-state index contributed by atoms with van der Waals surface area (Å²) in [5, 5.41) is 7.57. The first-order valence-corrected chi connectivity index (χ1v) is 1.40. The molecule has 0 bridgehead atoms. The molecule has 0 saturated heterocycles. The van der Waals surface area contributed by atoms with Crippen molar-refractivity contribution in [3.63, 3.8) is 0 Å². The van der Waals surface area contributed by atoms with Gasteiger partial charge in [0.15, 0.2) is 0 Å². The van der Waals surface area contributed by atoms with Gasteiger partial charge in [-0.1, -0.05) is 0 Å². The second-order valence-corrected chi connectivity index (χ2v) is 0.316. The van der Waals surface area contributed by atoms with Crippen LogP contribution in [0.25, 0.3) is 0 Å². The molecule has 34 valence electrons. The number of halogens is 1.